The number of likely N-dealkylation sites (N-methyl/N-ethyl adjacent to an activating group) is 1. The molecule has 0 aliphatic carbocycles. The van der Waals surface area contributed by atoms with E-state index in [4.69, 9.17) is 9.47 Å². The van der Waals surface area contributed by atoms with Gasteiger partial charge in [0, 0.05) is 11.0 Å². The van der Waals surface area contributed by atoms with Crippen LogP contribution in [-0.2, 0) is 11.4 Å². The lowest BCUT2D eigenvalue weighted by Crippen LogP contribution is -2.27. The van der Waals surface area contributed by atoms with Gasteiger partial charge in [-0.2, -0.15) is 0 Å². The molecule has 28 heavy (non-hydrogen) atoms. The fourth-order valence-corrected chi connectivity index (χ4v) is 3.83. The van der Waals surface area contributed by atoms with Crippen LogP contribution in [0.1, 0.15) is 25.0 Å². The van der Waals surface area contributed by atoms with Gasteiger partial charge < -0.3 is 9.47 Å². The van der Waals surface area contributed by atoms with E-state index in [-0.39, 0.29) is 11.1 Å². The Labute approximate surface area is 176 Å². The molecule has 7 heteroatoms. The third-order valence-electron chi connectivity index (χ3n) is 4.06. The average Bonchev–Trinajstić information content (AvgIpc) is 2.95. The first-order valence-electron chi connectivity index (χ1n) is 8.91. The minimum absolute atomic E-state index is 0.238. The maximum atomic E-state index is 12.3. The van der Waals surface area contributed by atoms with Gasteiger partial charge in [0.2, 0.25) is 0 Å². The first-order chi connectivity index (χ1) is 13.5. The lowest BCUT2D eigenvalue weighted by Gasteiger charge is -2.13. The van der Waals surface area contributed by atoms with Gasteiger partial charge in [-0.1, -0.05) is 34.1 Å². The molecule has 0 saturated carbocycles. The van der Waals surface area contributed by atoms with Crippen LogP contribution in [0.5, 0.6) is 11.5 Å². The minimum atomic E-state index is -0.258. The predicted molar refractivity (Wildman–Crippen MR) is 114 cm³/mol. The van der Waals surface area contributed by atoms with Crippen molar-refractivity contribution in [2.24, 2.45) is 0 Å². The van der Waals surface area contributed by atoms with Crippen LogP contribution in [0, 0.1) is 0 Å². The van der Waals surface area contributed by atoms with Crippen LogP contribution in [0.4, 0.5) is 4.79 Å². The second-order valence-electron chi connectivity index (χ2n) is 5.98. The van der Waals surface area contributed by atoms with Gasteiger partial charge >= 0.3 is 0 Å². The molecule has 0 unspecified atom stereocenters. The van der Waals surface area contributed by atoms with Gasteiger partial charge in [-0.3, -0.25) is 14.5 Å². The van der Waals surface area contributed by atoms with E-state index in [0.717, 1.165) is 27.4 Å². The van der Waals surface area contributed by atoms with Gasteiger partial charge in [-0.25, -0.2) is 0 Å². The molecule has 1 heterocycles. The van der Waals surface area contributed by atoms with Crippen molar-refractivity contribution in [2.45, 2.75) is 20.5 Å². The summed E-state index contributed by atoms with van der Waals surface area (Å²) in [6.45, 7) is 4.96. The quantitative estimate of drug-likeness (QED) is 0.510. The third kappa shape index (κ3) is 4.77. The summed E-state index contributed by atoms with van der Waals surface area (Å²) in [7, 11) is 0. The Balaban J connectivity index is 1.79. The standard InChI is InChI=1S/C21H20BrNO4S/c1-3-23-20(24)19(28-21(23)25)12-15-7-10-17(18(11-15)26-4-2)27-13-14-5-8-16(22)9-6-14/h5-12H,3-4,13H2,1-2H3/b19-12-. The average molecular weight is 462 g/mol. The fourth-order valence-electron chi connectivity index (χ4n) is 2.67. The molecule has 146 valence electrons. The minimum Gasteiger partial charge on any atom is -0.490 e. The maximum Gasteiger partial charge on any atom is 0.293 e. The smallest absolute Gasteiger partial charge is 0.293 e. The SMILES string of the molecule is CCOc1cc(/C=C2\SC(=O)N(CC)C2=O)ccc1OCc1ccc(Br)cc1. The Morgan fingerprint density at radius 1 is 1.04 bits per heavy atom. The van der Waals surface area contributed by atoms with Crippen molar-refractivity contribution < 1.29 is 19.1 Å². The first-order valence-corrected chi connectivity index (χ1v) is 10.5. The topological polar surface area (TPSA) is 55.8 Å². The van der Waals surface area contributed by atoms with Crippen molar-refractivity contribution in [1.82, 2.24) is 4.90 Å². The largest absolute Gasteiger partial charge is 0.490 e. The summed E-state index contributed by atoms with van der Waals surface area (Å²) in [5, 5.41) is -0.238. The van der Waals surface area contributed by atoms with E-state index in [1.54, 1.807) is 13.0 Å². The highest BCUT2D eigenvalue weighted by Gasteiger charge is 2.33. The second kappa shape index (κ2) is 9.30. The summed E-state index contributed by atoms with van der Waals surface area (Å²) < 4.78 is 12.6. The lowest BCUT2D eigenvalue weighted by atomic mass is 10.1. The lowest BCUT2D eigenvalue weighted by molar-refractivity contribution is -0.122. The summed E-state index contributed by atoms with van der Waals surface area (Å²) >= 11 is 4.37. The van der Waals surface area contributed by atoms with Crippen LogP contribution in [0.25, 0.3) is 6.08 Å². The number of rotatable bonds is 7. The molecule has 5 nitrogen and oxygen atoms in total. The molecule has 0 bridgehead atoms. The fraction of sp³-hybridized carbons (Fsp3) is 0.238. The zero-order chi connectivity index (χ0) is 20.1. The van der Waals surface area contributed by atoms with Gasteiger partial charge in [0.05, 0.1) is 11.5 Å². The summed E-state index contributed by atoms with van der Waals surface area (Å²) in [5.41, 5.74) is 1.82. The number of hydrogen-bond donors (Lipinski definition) is 0. The van der Waals surface area contributed by atoms with E-state index < -0.39 is 0 Å². The van der Waals surface area contributed by atoms with Crippen molar-refractivity contribution in [3.63, 3.8) is 0 Å². The van der Waals surface area contributed by atoms with Crippen molar-refractivity contribution in [2.75, 3.05) is 13.2 Å². The molecule has 0 atom stereocenters. The summed E-state index contributed by atoms with van der Waals surface area (Å²) in [6.07, 6.45) is 1.71. The van der Waals surface area contributed by atoms with Gasteiger partial charge in [0.15, 0.2) is 11.5 Å². The van der Waals surface area contributed by atoms with Crippen LogP contribution in [-0.4, -0.2) is 29.2 Å². The Morgan fingerprint density at radius 3 is 2.43 bits per heavy atom. The molecule has 2 aromatic carbocycles. The van der Waals surface area contributed by atoms with Crippen molar-refractivity contribution in [3.05, 3.63) is 63.0 Å². The van der Waals surface area contributed by atoms with Gasteiger partial charge in [-0.15, -0.1) is 0 Å². The first kappa shape index (κ1) is 20.5. The van der Waals surface area contributed by atoms with Gasteiger partial charge in [0.1, 0.15) is 6.61 Å². The number of imide groups is 1. The Bertz CT molecular complexity index is 911. The molecule has 3 rings (SSSR count). The van der Waals surface area contributed by atoms with Crippen LogP contribution in [0.2, 0.25) is 0 Å². The molecule has 0 spiro atoms. The highest BCUT2D eigenvalue weighted by Crippen LogP contribution is 2.34. The van der Waals surface area contributed by atoms with Crippen molar-refractivity contribution in [1.29, 1.82) is 0 Å². The normalized spacial score (nSPS) is 15.4. The van der Waals surface area contributed by atoms with Crippen molar-refractivity contribution >= 4 is 44.9 Å². The molecular formula is C21H20BrNO4S. The third-order valence-corrected chi connectivity index (χ3v) is 5.50. The number of amides is 2. The molecule has 0 N–H and O–H groups in total. The predicted octanol–water partition coefficient (Wildman–Crippen LogP) is 5.48. The number of carbonyl (C=O) groups is 2. The highest BCUT2D eigenvalue weighted by atomic mass is 79.9. The number of halogens is 1. The molecule has 0 aromatic heterocycles. The number of nitrogens with zero attached hydrogens (tertiary/aromatic N) is 1. The maximum absolute atomic E-state index is 12.3. The Kier molecular flexibility index (Phi) is 6.80. The molecule has 2 amide bonds. The second-order valence-corrected chi connectivity index (χ2v) is 7.89. The van der Waals surface area contributed by atoms with Gasteiger partial charge in [0.25, 0.3) is 11.1 Å². The monoisotopic (exact) mass is 461 g/mol. The van der Waals surface area contributed by atoms with E-state index in [0.29, 0.717) is 36.2 Å². The molecule has 0 radical (unpaired) electrons. The zero-order valence-corrected chi connectivity index (χ0v) is 18.0. The molecule has 2 aromatic rings. The number of ether oxygens (including phenoxy) is 2. The Hall–Kier alpha value is -2.25. The van der Waals surface area contributed by atoms with Crippen LogP contribution in [0.15, 0.2) is 51.8 Å². The summed E-state index contributed by atoms with van der Waals surface area (Å²) in [4.78, 5) is 25.8. The van der Waals surface area contributed by atoms with E-state index in [2.05, 4.69) is 15.9 Å². The molecule has 1 fully saturated rings. The zero-order valence-electron chi connectivity index (χ0n) is 15.6. The number of hydrogen-bond acceptors (Lipinski definition) is 5. The molecule has 1 saturated heterocycles. The summed E-state index contributed by atoms with van der Waals surface area (Å²) in [5.74, 6) is 0.970. The number of thioether (sulfide) groups is 1. The molecule has 1 aliphatic heterocycles. The molecular weight excluding hydrogens is 442 g/mol. The van der Waals surface area contributed by atoms with E-state index in [9.17, 15) is 9.59 Å². The molecule has 1 aliphatic rings. The number of carbonyl (C=O) groups excluding carboxylic acids is 2. The van der Waals surface area contributed by atoms with E-state index >= 15 is 0 Å². The van der Waals surface area contributed by atoms with Crippen LogP contribution in [0.3, 0.4) is 0 Å². The Morgan fingerprint density at radius 2 is 1.79 bits per heavy atom. The highest BCUT2D eigenvalue weighted by molar-refractivity contribution is 9.10. The van der Waals surface area contributed by atoms with Crippen LogP contribution < -0.4 is 9.47 Å². The van der Waals surface area contributed by atoms with Gasteiger partial charge in [-0.05, 0) is 67.1 Å². The van der Waals surface area contributed by atoms with E-state index in [1.807, 2.05) is 49.4 Å². The number of benzene rings is 2. The van der Waals surface area contributed by atoms with Crippen LogP contribution >= 0.6 is 27.7 Å². The van der Waals surface area contributed by atoms with E-state index in [1.165, 1.54) is 4.90 Å². The van der Waals surface area contributed by atoms with Crippen molar-refractivity contribution in [3.8, 4) is 11.5 Å². The summed E-state index contributed by atoms with van der Waals surface area (Å²) in [6, 6.07) is 13.4.